The lowest BCUT2D eigenvalue weighted by Gasteiger charge is -2.36. The van der Waals surface area contributed by atoms with E-state index in [0.717, 1.165) is 29.8 Å². The summed E-state index contributed by atoms with van der Waals surface area (Å²) in [5.41, 5.74) is 4.58. The number of allylic oxidation sites excluding steroid dienone is 3. The molecule has 0 fully saturated rings. The second-order valence-corrected chi connectivity index (χ2v) is 8.31. The molecule has 0 spiro atoms. The highest BCUT2D eigenvalue weighted by Gasteiger charge is 2.42. The average molecular weight is 417 g/mol. The average Bonchev–Trinajstić information content (AvgIpc) is 2.79. The number of aromatic nitrogens is 1. The van der Waals surface area contributed by atoms with Gasteiger partial charge in [0.05, 0.1) is 23.3 Å². The van der Waals surface area contributed by atoms with Crippen LogP contribution in [0.5, 0.6) is 0 Å². The predicted molar refractivity (Wildman–Crippen MR) is 119 cm³/mol. The van der Waals surface area contributed by atoms with Crippen molar-refractivity contribution >= 4 is 11.8 Å². The van der Waals surface area contributed by atoms with Crippen LogP contribution >= 0.6 is 0 Å². The number of benzene rings is 1. The Bertz CT molecular complexity index is 1040. The van der Waals surface area contributed by atoms with Crippen molar-refractivity contribution in [1.29, 1.82) is 0 Å². The Balaban J connectivity index is 1.76. The van der Waals surface area contributed by atoms with Crippen molar-refractivity contribution in [1.82, 2.24) is 10.3 Å². The van der Waals surface area contributed by atoms with E-state index in [-0.39, 0.29) is 23.8 Å². The van der Waals surface area contributed by atoms with E-state index in [9.17, 15) is 9.59 Å². The standard InChI is InChI=1S/C26H28N2O3/c1-4-16(2)31-26(30)23-17(3)28-21-14-19(18-10-6-5-7-11-18)15-22(29)24(21)25(23)20-12-8-9-13-27-20/h5-13,16,19,25,28H,4,14-15H2,1-3H3/t16-,19-,25-/m1/s1. The lowest BCUT2D eigenvalue weighted by atomic mass is 9.73. The van der Waals surface area contributed by atoms with Crippen molar-refractivity contribution in [3.63, 3.8) is 0 Å². The van der Waals surface area contributed by atoms with Gasteiger partial charge < -0.3 is 10.1 Å². The molecule has 0 unspecified atom stereocenters. The molecule has 2 aliphatic rings. The number of hydrogen-bond donors (Lipinski definition) is 1. The van der Waals surface area contributed by atoms with Gasteiger partial charge in [-0.1, -0.05) is 43.3 Å². The fourth-order valence-electron chi connectivity index (χ4n) is 4.44. The molecule has 1 N–H and O–H groups in total. The maximum atomic E-state index is 13.4. The fraction of sp³-hybridized carbons (Fsp3) is 0.346. The Hall–Kier alpha value is -3.21. The summed E-state index contributed by atoms with van der Waals surface area (Å²) in [6.45, 7) is 5.73. The van der Waals surface area contributed by atoms with Gasteiger partial charge in [0.25, 0.3) is 0 Å². The van der Waals surface area contributed by atoms with Crippen molar-refractivity contribution in [2.45, 2.75) is 58.0 Å². The van der Waals surface area contributed by atoms with E-state index in [1.54, 1.807) is 6.20 Å². The molecule has 0 bridgehead atoms. The van der Waals surface area contributed by atoms with Crippen LogP contribution < -0.4 is 5.32 Å². The number of carbonyl (C=O) groups excluding carboxylic acids is 2. The zero-order chi connectivity index (χ0) is 22.0. The Labute approximate surface area is 183 Å². The molecule has 5 heteroatoms. The molecule has 0 radical (unpaired) electrons. The number of nitrogens with zero attached hydrogens (tertiary/aromatic N) is 1. The molecule has 4 rings (SSSR count). The van der Waals surface area contributed by atoms with Crippen LogP contribution in [0.15, 0.2) is 77.3 Å². The maximum absolute atomic E-state index is 13.4. The molecule has 2 aromatic rings. The molecule has 1 aromatic carbocycles. The lowest BCUT2D eigenvalue weighted by Crippen LogP contribution is -2.36. The molecular formula is C26H28N2O3. The first-order chi connectivity index (χ1) is 15.0. The minimum Gasteiger partial charge on any atom is -0.459 e. The van der Waals surface area contributed by atoms with Crippen LogP contribution in [0.1, 0.15) is 63.1 Å². The van der Waals surface area contributed by atoms with Crippen molar-refractivity contribution in [3.05, 3.63) is 88.5 Å². The van der Waals surface area contributed by atoms with Gasteiger partial charge in [-0.25, -0.2) is 4.79 Å². The van der Waals surface area contributed by atoms with E-state index in [2.05, 4.69) is 22.4 Å². The molecular weight excluding hydrogens is 388 g/mol. The highest BCUT2D eigenvalue weighted by molar-refractivity contribution is 6.04. The Morgan fingerprint density at radius 1 is 1.16 bits per heavy atom. The monoisotopic (exact) mass is 416 g/mol. The summed E-state index contributed by atoms with van der Waals surface area (Å²) in [5.74, 6) is -0.733. The van der Waals surface area contributed by atoms with Crippen LogP contribution in [0.4, 0.5) is 0 Å². The quantitative estimate of drug-likeness (QED) is 0.710. The summed E-state index contributed by atoms with van der Waals surface area (Å²) in [6.07, 6.45) is 3.37. The molecule has 1 aliphatic heterocycles. The minimum atomic E-state index is -0.516. The number of hydrogen-bond acceptors (Lipinski definition) is 5. The lowest BCUT2D eigenvalue weighted by molar-refractivity contribution is -0.144. The summed E-state index contributed by atoms with van der Waals surface area (Å²) in [5, 5.41) is 3.38. The first-order valence-electron chi connectivity index (χ1n) is 10.9. The SMILES string of the molecule is CC[C@@H](C)OC(=O)C1=C(C)NC2=C(C(=O)C[C@H](c3ccccc3)C2)[C@@H]1c1ccccn1. The number of ketones is 1. The first-order valence-corrected chi connectivity index (χ1v) is 10.9. The maximum Gasteiger partial charge on any atom is 0.337 e. The van der Waals surface area contributed by atoms with Crippen molar-refractivity contribution < 1.29 is 14.3 Å². The number of dihydropyridines is 1. The second kappa shape index (κ2) is 8.88. The number of carbonyl (C=O) groups is 2. The van der Waals surface area contributed by atoms with E-state index < -0.39 is 5.92 Å². The number of ether oxygens (including phenoxy) is 1. The predicted octanol–water partition coefficient (Wildman–Crippen LogP) is 4.78. The third-order valence-corrected chi connectivity index (χ3v) is 6.19. The number of Topliss-reactive ketones (excluding diaryl/α,β-unsaturated/α-hetero) is 1. The molecule has 0 saturated carbocycles. The van der Waals surface area contributed by atoms with E-state index in [1.165, 1.54) is 0 Å². The molecule has 31 heavy (non-hydrogen) atoms. The van der Waals surface area contributed by atoms with Gasteiger partial charge in [-0.05, 0) is 50.3 Å². The largest absolute Gasteiger partial charge is 0.459 e. The highest BCUT2D eigenvalue weighted by atomic mass is 16.5. The van der Waals surface area contributed by atoms with Crippen LogP contribution in [0.3, 0.4) is 0 Å². The Kier molecular flexibility index (Phi) is 6.03. The first kappa shape index (κ1) is 21.0. The molecule has 1 aromatic heterocycles. The van der Waals surface area contributed by atoms with Gasteiger partial charge in [-0.2, -0.15) is 0 Å². The highest BCUT2D eigenvalue weighted by Crippen LogP contribution is 2.45. The van der Waals surface area contributed by atoms with Gasteiger partial charge in [0, 0.05) is 29.6 Å². The summed E-state index contributed by atoms with van der Waals surface area (Å²) < 4.78 is 5.67. The van der Waals surface area contributed by atoms with Crippen molar-refractivity contribution in [3.8, 4) is 0 Å². The van der Waals surface area contributed by atoms with Crippen LogP contribution in [0.25, 0.3) is 0 Å². The van der Waals surface area contributed by atoms with Gasteiger partial charge >= 0.3 is 5.97 Å². The van der Waals surface area contributed by atoms with Crippen LogP contribution in [-0.4, -0.2) is 22.8 Å². The van der Waals surface area contributed by atoms with Gasteiger partial charge in [0.2, 0.25) is 0 Å². The summed E-state index contributed by atoms with van der Waals surface area (Å²) in [7, 11) is 0. The third kappa shape index (κ3) is 4.18. The van der Waals surface area contributed by atoms with Gasteiger partial charge in [0.15, 0.2) is 5.78 Å². The Morgan fingerprint density at radius 3 is 2.58 bits per heavy atom. The molecule has 5 nitrogen and oxygen atoms in total. The summed E-state index contributed by atoms with van der Waals surface area (Å²) in [4.78, 5) is 31.1. The topological polar surface area (TPSA) is 68.3 Å². The third-order valence-electron chi connectivity index (χ3n) is 6.19. The number of pyridine rings is 1. The minimum absolute atomic E-state index is 0.0552. The van der Waals surface area contributed by atoms with Gasteiger partial charge in [-0.15, -0.1) is 0 Å². The van der Waals surface area contributed by atoms with Gasteiger partial charge in [-0.3, -0.25) is 9.78 Å². The van der Waals surface area contributed by atoms with Crippen LogP contribution in [0.2, 0.25) is 0 Å². The van der Waals surface area contributed by atoms with E-state index in [1.807, 2.05) is 57.2 Å². The normalized spacial score (nSPS) is 22.0. The van der Waals surface area contributed by atoms with Crippen molar-refractivity contribution in [2.24, 2.45) is 0 Å². The zero-order valence-electron chi connectivity index (χ0n) is 18.2. The fourth-order valence-corrected chi connectivity index (χ4v) is 4.44. The van der Waals surface area contributed by atoms with E-state index in [4.69, 9.17) is 4.74 Å². The molecule has 3 atom stereocenters. The molecule has 1 aliphatic carbocycles. The number of nitrogens with one attached hydrogen (secondary N) is 1. The number of esters is 1. The van der Waals surface area contributed by atoms with E-state index in [0.29, 0.717) is 23.3 Å². The Morgan fingerprint density at radius 2 is 1.90 bits per heavy atom. The smallest absolute Gasteiger partial charge is 0.337 e. The molecule has 160 valence electrons. The van der Waals surface area contributed by atoms with Crippen LogP contribution in [-0.2, 0) is 14.3 Å². The van der Waals surface area contributed by atoms with Crippen molar-refractivity contribution in [2.75, 3.05) is 0 Å². The molecule has 0 saturated heterocycles. The van der Waals surface area contributed by atoms with E-state index >= 15 is 0 Å². The molecule has 0 amide bonds. The van der Waals surface area contributed by atoms with Crippen LogP contribution in [0, 0.1) is 0 Å². The summed E-state index contributed by atoms with van der Waals surface area (Å²) >= 11 is 0. The zero-order valence-corrected chi connectivity index (χ0v) is 18.2. The second-order valence-electron chi connectivity index (χ2n) is 8.31. The number of rotatable bonds is 5. The van der Waals surface area contributed by atoms with Gasteiger partial charge in [0.1, 0.15) is 0 Å². The molecule has 2 heterocycles. The summed E-state index contributed by atoms with van der Waals surface area (Å²) in [6, 6.07) is 15.7.